The van der Waals surface area contributed by atoms with Crippen LogP contribution in [0.5, 0.6) is 11.5 Å². The van der Waals surface area contributed by atoms with Gasteiger partial charge < -0.3 is 9.47 Å². The molecule has 0 amide bonds. The topological polar surface area (TPSA) is 67.9 Å². The summed E-state index contributed by atoms with van der Waals surface area (Å²) in [6.45, 7) is 2.52. The number of halogens is 1. The second kappa shape index (κ2) is 7.91. The quantitative estimate of drug-likeness (QED) is 0.859. The summed E-state index contributed by atoms with van der Waals surface area (Å²) >= 11 is 6.20. The molecule has 1 aromatic carbocycles. The van der Waals surface area contributed by atoms with E-state index in [1.54, 1.807) is 10.4 Å². The molecule has 24 heavy (non-hydrogen) atoms. The zero-order valence-corrected chi connectivity index (χ0v) is 15.2. The summed E-state index contributed by atoms with van der Waals surface area (Å²) in [4.78, 5) is 0. The maximum absolute atomic E-state index is 12.4. The first kappa shape index (κ1) is 17.8. The van der Waals surface area contributed by atoms with Crippen LogP contribution in [0, 0.1) is 0 Å². The van der Waals surface area contributed by atoms with Crippen molar-refractivity contribution in [2.45, 2.75) is 32.1 Å². The Kier molecular flexibility index (Phi) is 5.86. The number of nitrogens with one attached hydrogen (secondary N) is 1. The molecule has 3 rings (SSSR count). The third kappa shape index (κ3) is 4.33. The van der Waals surface area contributed by atoms with E-state index >= 15 is 0 Å². The molecule has 2 aliphatic rings. The molecule has 2 aliphatic heterocycles. The van der Waals surface area contributed by atoms with Gasteiger partial charge in [-0.25, -0.2) is 4.72 Å². The zero-order valence-electron chi connectivity index (χ0n) is 13.6. The molecule has 0 atom stereocenters. The van der Waals surface area contributed by atoms with E-state index in [0.29, 0.717) is 55.8 Å². The molecule has 1 N–H and O–H groups in total. The van der Waals surface area contributed by atoms with Gasteiger partial charge in [0.15, 0.2) is 11.5 Å². The van der Waals surface area contributed by atoms with Crippen molar-refractivity contribution >= 4 is 21.8 Å². The molecule has 0 aliphatic carbocycles. The van der Waals surface area contributed by atoms with Crippen LogP contribution in [0.4, 0.5) is 0 Å². The molecule has 0 radical (unpaired) electrons. The molecule has 0 saturated carbocycles. The molecule has 2 heterocycles. The Bertz CT molecular complexity index is 673. The highest BCUT2D eigenvalue weighted by Crippen LogP contribution is 2.38. The second-order valence-electron chi connectivity index (χ2n) is 6.06. The summed E-state index contributed by atoms with van der Waals surface area (Å²) in [6, 6.07) is 3.66. The van der Waals surface area contributed by atoms with Gasteiger partial charge in [-0.05, 0) is 37.0 Å². The molecule has 0 bridgehead atoms. The third-order valence-corrected chi connectivity index (χ3v) is 6.15. The summed E-state index contributed by atoms with van der Waals surface area (Å²) in [6.07, 6.45) is 4.60. The van der Waals surface area contributed by atoms with Crippen LogP contribution in [0.1, 0.15) is 31.2 Å². The second-order valence-corrected chi connectivity index (χ2v) is 8.23. The zero-order chi connectivity index (χ0) is 17.0. The van der Waals surface area contributed by atoms with Gasteiger partial charge in [0.25, 0.3) is 10.2 Å². The van der Waals surface area contributed by atoms with E-state index in [1.807, 2.05) is 6.07 Å². The first-order valence-electron chi connectivity index (χ1n) is 8.39. The Hall–Kier alpha value is -1.02. The van der Waals surface area contributed by atoms with Crippen LogP contribution >= 0.6 is 11.6 Å². The van der Waals surface area contributed by atoms with Crippen molar-refractivity contribution in [1.82, 2.24) is 9.03 Å². The molecule has 1 saturated heterocycles. The van der Waals surface area contributed by atoms with Crippen LogP contribution in [-0.2, 0) is 16.6 Å². The third-order valence-electron chi connectivity index (χ3n) is 4.26. The number of fused-ring (bicyclic) bond motifs is 1. The Morgan fingerprint density at radius 3 is 2.54 bits per heavy atom. The predicted octanol–water partition coefficient (Wildman–Crippen LogP) is 2.36. The fourth-order valence-corrected chi connectivity index (χ4v) is 4.58. The van der Waals surface area contributed by atoms with Crippen LogP contribution in [-0.4, -0.2) is 45.6 Å². The van der Waals surface area contributed by atoms with Crippen molar-refractivity contribution in [1.29, 1.82) is 0 Å². The maximum Gasteiger partial charge on any atom is 0.279 e. The number of nitrogens with zero attached hydrogens (tertiary/aromatic N) is 1. The van der Waals surface area contributed by atoms with E-state index in [2.05, 4.69) is 4.72 Å². The van der Waals surface area contributed by atoms with Gasteiger partial charge in [0.2, 0.25) is 0 Å². The lowest BCUT2D eigenvalue weighted by Crippen LogP contribution is -2.41. The molecule has 6 nitrogen and oxygen atoms in total. The molecular formula is C16H23ClN2O4S. The molecular weight excluding hydrogens is 352 g/mol. The predicted molar refractivity (Wildman–Crippen MR) is 93.1 cm³/mol. The van der Waals surface area contributed by atoms with E-state index in [4.69, 9.17) is 21.1 Å². The summed E-state index contributed by atoms with van der Waals surface area (Å²) < 4.78 is 40.0. The minimum Gasteiger partial charge on any atom is -0.486 e. The number of rotatable bonds is 5. The molecule has 0 spiro atoms. The first-order chi connectivity index (χ1) is 11.6. The summed E-state index contributed by atoms with van der Waals surface area (Å²) in [7, 11) is -3.41. The largest absolute Gasteiger partial charge is 0.486 e. The first-order valence-corrected chi connectivity index (χ1v) is 10.2. The van der Waals surface area contributed by atoms with Gasteiger partial charge in [0, 0.05) is 19.6 Å². The smallest absolute Gasteiger partial charge is 0.279 e. The number of hydrogen-bond acceptors (Lipinski definition) is 4. The van der Waals surface area contributed by atoms with Crippen LogP contribution in [0.25, 0.3) is 0 Å². The van der Waals surface area contributed by atoms with Gasteiger partial charge >= 0.3 is 0 Å². The van der Waals surface area contributed by atoms with E-state index in [9.17, 15) is 8.42 Å². The summed E-state index contributed by atoms with van der Waals surface area (Å²) in [5.41, 5.74) is 0.919. The molecule has 8 heteroatoms. The fourth-order valence-electron chi connectivity index (χ4n) is 3.01. The van der Waals surface area contributed by atoms with Crippen molar-refractivity contribution in [3.8, 4) is 11.5 Å². The molecule has 1 fully saturated rings. The van der Waals surface area contributed by atoms with Gasteiger partial charge in [0.05, 0.1) is 5.02 Å². The lowest BCUT2D eigenvalue weighted by atomic mass is 10.1. The van der Waals surface area contributed by atoms with E-state index < -0.39 is 10.2 Å². The van der Waals surface area contributed by atoms with Crippen LogP contribution in [0.3, 0.4) is 0 Å². The Morgan fingerprint density at radius 1 is 1.08 bits per heavy atom. The highest BCUT2D eigenvalue weighted by Gasteiger charge is 2.22. The normalized spacial score (nSPS) is 19.0. The Labute approximate surface area is 148 Å². The average Bonchev–Trinajstić information content (AvgIpc) is 2.85. The molecule has 0 unspecified atom stereocenters. The number of benzene rings is 1. The van der Waals surface area contributed by atoms with Crippen LogP contribution in [0.2, 0.25) is 5.02 Å². The minimum absolute atomic E-state index is 0.328. The van der Waals surface area contributed by atoms with Crippen molar-refractivity contribution in [2.24, 2.45) is 0 Å². The van der Waals surface area contributed by atoms with Gasteiger partial charge in [-0.15, -0.1) is 0 Å². The van der Waals surface area contributed by atoms with Gasteiger partial charge in [-0.2, -0.15) is 12.7 Å². The minimum atomic E-state index is -3.41. The molecule has 1 aromatic rings. The van der Waals surface area contributed by atoms with Crippen molar-refractivity contribution < 1.29 is 17.9 Å². The van der Waals surface area contributed by atoms with Gasteiger partial charge in [0.1, 0.15) is 13.2 Å². The molecule has 134 valence electrons. The van der Waals surface area contributed by atoms with E-state index in [1.165, 1.54) is 0 Å². The van der Waals surface area contributed by atoms with E-state index in [0.717, 1.165) is 31.2 Å². The van der Waals surface area contributed by atoms with Crippen molar-refractivity contribution in [3.63, 3.8) is 0 Å². The molecule has 0 aromatic heterocycles. The number of ether oxygens (including phenoxy) is 2. The van der Waals surface area contributed by atoms with Crippen LogP contribution in [0.15, 0.2) is 12.1 Å². The maximum atomic E-state index is 12.4. The monoisotopic (exact) mass is 374 g/mol. The van der Waals surface area contributed by atoms with E-state index in [-0.39, 0.29) is 0 Å². The summed E-state index contributed by atoms with van der Waals surface area (Å²) in [5.74, 6) is 1.19. The SMILES string of the molecule is O=S(=O)(NCCc1cc(Cl)c2c(c1)OCCO2)N1CCCCCC1. The standard InChI is InChI=1S/C16H23ClN2O4S/c17-14-11-13(12-15-16(14)23-10-9-22-15)5-6-18-24(20,21)19-7-3-1-2-4-8-19/h11-12,18H,1-10H2. The van der Waals surface area contributed by atoms with Gasteiger partial charge in [-0.1, -0.05) is 24.4 Å². The lowest BCUT2D eigenvalue weighted by Gasteiger charge is -2.21. The highest BCUT2D eigenvalue weighted by atomic mass is 35.5. The summed E-state index contributed by atoms with van der Waals surface area (Å²) in [5, 5.41) is 0.498. The Morgan fingerprint density at radius 2 is 1.79 bits per heavy atom. The lowest BCUT2D eigenvalue weighted by molar-refractivity contribution is 0.171. The van der Waals surface area contributed by atoms with Crippen molar-refractivity contribution in [3.05, 3.63) is 22.7 Å². The fraction of sp³-hybridized carbons (Fsp3) is 0.625. The van der Waals surface area contributed by atoms with Gasteiger partial charge in [-0.3, -0.25) is 0 Å². The average molecular weight is 375 g/mol. The van der Waals surface area contributed by atoms with Crippen LogP contribution < -0.4 is 14.2 Å². The Balaban J connectivity index is 1.58. The number of hydrogen-bond donors (Lipinski definition) is 1. The van der Waals surface area contributed by atoms with Crippen molar-refractivity contribution in [2.75, 3.05) is 32.8 Å². The highest BCUT2D eigenvalue weighted by molar-refractivity contribution is 7.87.